The molecule has 8 atom stereocenters. The Hall–Kier alpha value is -6.38. The third-order valence-electron chi connectivity index (χ3n) is 19.9. The van der Waals surface area contributed by atoms with Crippen LogP contribution in [0.5, 0.6) is 0 Å². The van der Waals surface area contributed by atoms with Crippen molar-refractivity contribution in [2.24, 2.45) is 23.7 Å². The molecule has 0 bridgehead atoms. The molecule has 0 radical (unpaired) electrons. The van der Waals surface area contributed by atoms with Crippen LogP contribution in [0.4, 0.5) is 0 Å². The zero-order valence-electron chi connectivity index (χ0n) is 49.2. The zero-order valence-corrected chi connectivity index (χ0v) is 49.2. The van der Waals surface area contributed by atoms with Crippen LogP contribution in [0.25, 0.3) is 11.1 Å². The first-order valence-corrected chi connectivity index (χ1v) is 31.3. The molecule has 4 aromatic carbocycles. The van der Waals surface area contributed by atoms with Crippen LogP contribution in [0.3, 0.4) is 0 Å². The summed E-state index contributed by atoms with van der Waals surface area (Å²) in [5, 5.41) is 12.7. The average molecular weight is 1120 g/mol. The largest absolute Gasteiger partial charge is 0.340 e. The SMILES string of the molecule is CN[C@@H](C)C(=O)NC1(C(=O)N2CCC[C@H]2CN(CCc2ccccc2)C(=O)c2ccc(-c3ccc(C(=O)N(CCc4ccccc4)C[C@@H]4CCCN4C(=O)[C@]4(NC(=O)[C@H](C)NC)C[C@H]4C4CCCCC4)cc3)cc2)C[C@H]1C1CCCCC1. The van der Waals surface area contributed by atoms with Gasteiger partial charge in [0.2, 0.25) is 23.6 Å². The molecular weight excluding hydrogens is 1020 g/mol. The van der Waals surface area contributed by atoms with Crippen molar-refractivity contribution < 1.29 is 28.8 Å². The van der Waals surface area contributed by atoms with E-state index < -0.39 is 23.2 Å². The molecule has 2 saturated heterocycles. The minimum atomic E-state index is -0.904. The van der Waals surface area contributed by atoms with E-state index in [9.17, 15) is 28.8 Å². The third-order valence-corrected chi connectivity index (χ3v) is 19.9. The lowest BCUT2D eigenvalue weighted by Gasteiger charge is -2.35. The number of nitrogens with zero attached hydrogens (tertiary/aromatic N) is 4. The molecular formula is C68H90N8O6. The van der Waals surface area contributed by atoms with Gasteiger partial charge >= 0.3 is 0 Å². The average Bonchev–Trinajstić information content (AvgIpc) is 4.48. The maximum absolute atomic E-state index is 15.0. The molecule has 6 amide bonds. The fourth-order valence-electron chi connectivity index (χ4n) is 14.5. The normalized spacial score (nSPS) is 25.2. The second kappa shape index (κ2) is 26.5. The van der Waals surface area contributed by atoms with E-state index >= 15 is 0 Å². The lowest BCUT2D eigenvalue weighted by Crippen LogP contribution is -2.58. The van der Waals surface area contributed by atoms with Crippen LogP contribution in [0.1, 0.15) is 148 Å². The van der Waals surface area contributed by atoms with Crippen molar-refractivity contribution in [3.05, 3.63) is 131 Å². The summed E-state index contributed by atoms with van der Waals surface area (Å²) in [5.74, 6) is 0.626. The molecule has 0 aromatic heterocycles. The Bertz CT molecular complexity index is 2650. The number of nitrogens with one attached hydrogen (secondary N) is 4. The number of hydrogen-bond acceptors (Lipinski definition) is 8. The highest BCUT2D eigenvalue weighted by molar-refractivity contribution is 5.99. The summed E-state index contributed by atoms with van der Waals surface area (Å²) in [7, 11) is 3.53. The summed E-state index contributed by atoms with van der Waals surface area (Å²) in [6.45, 7) is 6.63. The standard InChI is InChI=1S/C68H90N8O6/c1-47(69-3)61(77)71-67(43-59(67)53-23-13-7-14-24-53)65(81)75-39-17-27-57(75)45-73(41-37-49-19-9-5-10-20-49)63(79)55-33-29-51(30-34-55)52-31-35-56(36-32-52)64(80)74(42-38-50-21-11-6-12-22-50)46-58-28-18-40-76(58)66(82)68(72-62(78)48(2)70-4)44-60(68)54-25-15-8-16-26-54/h5-6,9-12,19-22,29-36,47-48,53-54,57-60,69-70H,7-8,13-18,23-28,37-46H2,1-4H3,(H,71,77)(H,72,78)/t47-,48-,57-,58-,59-,60-,67-,68?/m0/s1. The Kier molecular flexibility index (Phi) is 19.0. The van der Waals surface area contributed by atoms with E-state index in [1.54, 1.807) is 14.1 Å². The quantitative estimate of drug-likeness (QED) is 0.0573. The lowest BCUT2D eigenvalue weighted by atomic mass is 9.84. The Morgan fingerprint density at radius 1 is 0.488 bits per heavy atom. The molecule has 82 heavy (non-hydrogen) atoms. The van der Waals surface area contributed by atoms with E-state index in [1.807, 2.05) is 118 Å². The molecule has 438 valence electrons. The summed E-state index contributed by atoms with van der Waals surface area (Å²) < 4.78 is 0. The number of benzene rings is 4. The fourth-order valence-corrected chi connectivity index (χ4v) is 14.5. The van der Waals surface area contributed by atoms with Crippen LogP contribution in [-0.4, -0.2) is 144 Å². The molecule has 14 heteroatoms. The van der Waals surface area contributed by atoms with Gasteiger partial charge in [-0.05, 0) is 150 Å². The van der Waals surface area contributed by atoms with Crippen molar-refractivity contribution in [2.45, 2.75) is 165 Å². The minimum Gasteiger partial charge on any atom is -0.340 e. The molecule has 2 aliphatic heterocycles. The first kappa shape index (κ1) is 58.8. The highest BCUT2D eigenvalue weighted by atomic mass is 16.2. The van der Waals surface area contributed by atoms with Crippen LogP contribution in [0.2, 0.25) is 0 Å². The number of likely N-dealkylation sites (N-methyl/N-ethyl adjacent to an activating group) is 2. The molecule has 1 unspecified atom stereocenters. The maximum atomic E-state index is 15.0. The van der Waals surface area contributed by atoms with Crippen LogP contribution in [0.15, 0.2) is 109 Å². The number of carbonyl (C=O) groups is 6. The summed E-state index contributed by atoms with van der Waals surface area (Å²) in [6.07, 6.45) is 17.4. The van der Waals surface area contributed by atoms with E-state index in [0.717, 1.165) is 99.3 Å². The predicted molar refractivity (Wildman–Crippen MR) is 322 cm³/mol. The highest BCUT2D eigenvalue weighted by Gasteiger charge is 2.66. The van der Waals surface area contributed by atoms with Crippen molar-refractivity contribution >= 4 is 35.4 Å². The van der Waals surface area contributed by atoms with Gasteiger partial charge < -0.3 is 40.9 Å². The summed E-state index contributed by atoms with van der Waals surface area (Å²) in [6, 6.07) is 34.6. The van der Waals surface area contributed by atoms with Gasteiger partial charge in [-0.1, -0.05) is 149 Å². The Balaban J connectivity index is 0.836. The summed E-state index contributed by atoms with van der Waals surface area (Å²) in [4.78, 5) is 94.3. The Labute approximate surface area is 487 Å². The first-order valence-electron chi connectivity index (χ1n) is 31.3. The lowest BCUT2D eigenvalue weighted by molar-refractivity contribution is -0.140. The van der Waals surface area contributed by atoms with E-state index in [4.69, 9.17) is 0 Å². The van der Waals surface area contributed by atoms with Gasteiger partial charge in [0.1, 0.15) is 11.1 Å². The zero-order chi connectivity index (χ0) is 57.4. The van der Waals surface area contributed by atoms with Gasteiger partial charge in [-0.3, -0.25) is 28.8 Å². The molecule has 14 nitrogen and oxygen atoms in total. The van der Waals surface area contributed by atoms with Gasteiger partial charge in [-0.25, -0.2) is 0 Å². The number of rotatable bonds is 23. The topological polar surface area (TPSA) is 163 Å². The van der Waals surface area contributed by atoms with Crippen molar-refractivity contribution in [3.8, 4) is 11.1 Å². The number of likely N-dealkylation sites (tertiary alicyclic amines) is 2. The molecule has 4 N–H and O–H groups in total. The Morgan fingerprint density at radius 3 is 1.21 bits per heavy atom. The van der Waals surface area contributed by atoms with Gasteiger partial charge in [0.05, 0.1) is 12.1 Å². The Morgan fingerprint density at radius 2 is 0.854 bits per heavy atom. The third kappa shape index (κ3) is 13.2. The van der Waals surface area contributed by atoms with E-state index in [1.165, 1.54) is 12.8 Å². The molecule has 4 aromatic rings. The number of amides is 6. The van der Waals surface area contributed by atoms with Crippen molar-refractivity contribution in [3.63, 3.8) is 0 Å². The van der Waals surface area contributed by atoms with E-state index in [0.29, 0.717) is 87.9 Å². The smallest absolute Gasteiger partial charge is 0.253 e. The summed E-state index contributed by atoms with van der Waals surface area (Å²) >= 11 is 0. The van der Waals surface area contributed by atoms with Crippen LogP contribution in [-0.2, 0) is 32.0 Å². The predicted octanol–water partition coefficient (Wildman–Crippen LogP) is 8.83. The van der Waals surface area contributed by atoms with E-state index in [-0.39, 0.29) is 59.4 Å². The molecule has 6 aliphatic rings. The first-order chi connectivity index (χ1) is 39.8. The molecule has 10 rings (SSSR count). The van der Waals surface area contributed by atoms with Gasteiger partial charge in [-0.2, -0.15) is 0 Å². The maximum Gasteiger partial charge on any atom is 0.253 e. The number of hydrogen-bond donors (Lipinski definition) is 4. The van der Waals surface area contributed by atoms with Gasteiger partial charge in [-0.15, -0.1) is 0 Å². The molecule has 2 heterocycles. The second-order valence-electron chi connectivity index (χ2n) is 25.1. The van der Waals surface area contributed by atoms with Crippen molar-refractivity contribution in [1.29, 1.82) is 0 Å². The van der Waals surface area contributed by atoms with Crippen molar-refractivity contribution in [1.82, 2.24) is 40.9 Å². The molecule has 0 spiro atoms. The van der Waals surface area contributed by atoms with Crippen molar-refractivity contribution in [2.75, 3.05) is 53.4 Å². The van der Waals surface area contributed by atoms with Crippen LogP contribution < -0.4 is 21.3 Å². The summed E-state index contributed by atoms with van der Waals surface area (Å²) in [5.41, 5.74) is 3.40. The monoisotopic (exact) mass is 1110 g/mol. The highest BCUT2D eigenvalue weighted by Crippen LogP contribution is 2.55. The van der Waals surface area contributed by atoms with Crippen LogP contribution in [0, 0.1) is 23.7 Å². The van der Waals surface area contributed by atoms with Gasteiger partial charge in [0, 0.05) is 62.5 Å². The van der Waals surface area contributed by atoms with Gasteiger partial charge in [0.15, 0.2) is 0 Å². The van der Waals surface area contributed by atoms with E-state index in [2.05, 4.69) is 45.5 Å². The minimum absolute atomic E-state index is 0.00871. The molecule has 6 fully saturated rings. The molecule has 4 saturated carbocycles. The molecule has 4 aliphatic carbocycles. The van der Waals surface area contributed by atoms with Gasteiger partial charge in [0.25, 0.3) is 11.8 Å². The second-order valence-corrected chi connectivity index (χ2v) is 25.1. The van der Waals surface area contributed by atoms with Crippen LogP contribution >= 0.6 is 0 Å². The fraction of sp³-hybridized carbons (Fsp3) is 0.559. The number of carbonyl (C=O) groups excluding carboxylic acids is 6.